The summed E-state index contributed by atoms with van der Waals surface area (Å²) in [7, 11) is -7.61. The van der Waals surface area contributed by atoms with Gasteiger partial charge in [0, 0.05) is 24.9 Å². The van der Waals surface area contributed by atoms with Crippen LogP contribution in [0.5, 0.6) is 0 Å². The van der Waals surface area contributed by atoms with Crippen molar-refractivity contribution >= 4 is 36.6 Å². The van der Waals surface area contributed by atoms with Crippen molar-refractivity contribution in [3.05, 3.63) is 70.8 Å². The summed E-state index contributed by atoms with van der Waals surface area (Å²) in [5, 5.41) is 2.59. The van der Waals surface area contributed by atoms with Crippen molar-refractivity contribution in [3.8, 4) is 0 Å². The third-order valence-corrected chi connectivity index (χ3v) is 11.3. The van der Waals surface area contributed by atoms with E-state index in [1.165, 1.54) is 49.1 Å². The summed E-state index contributed by atoms with van der Waals surface area (Å²) in [6.45, 7) is 3.61. The Morgan fingerprint density at radius 3 is 2.21 bits per heavy atom. The number of nitrogens with one attached hydrogen (secondary N) is 2. The molecule has 1 aliphatic carbocycles. The van der Waals surface area contributed by atoms with Gasteiger partial charge in [-0.25, -0.2) is 30.3 Å². The number of nitrogens with zero attached hydrogens (tertiary/aromatic N) is 1. The molecule has 0 aromatic heterocycles. The minimum Gasteiger partial charge on any atom is -0.374 e. The molecule has 1 saturated carbocycles. The van der Waals surface area contributed by atoms with Crippen molar-refractivity contribution in [2.75, 3.05) is 26.0 Å². The van der Waals surface area contributed by atoms with Gasteiger partial charge in [0.05, 0.1) is 34.1 Å². The molecule has 47 heavy (non-hydrogen) atoms. The number of hydrogen-bond donors (Lipinski definition) is 3. The highest BCUT2D eigenvalue weighted by Gasteiger charge is 2.50. The number of carbonyl (C=O) groups is 2. The van der Waals surface area contributed by atoms with Crippen LogP contribution in [0.25, 0.3) is 4.91 Å². The maximum Gasteiger partial charge on any atom is 0.247 e. The van der Waals surface area contributed by atoms with Crippen molar-refractivity contribution in [2.24, 2.45) is 5.73 Å². The maximum atomic E-state index is 14.2. The molecule has 0 unspecified atom stereocenters. The fraction of sp³-hybridized carbons (Fsp3) is 0.500. The first-order valence-corrected chi connectivity index (χ1v) is 18.7. The largest absolute Gasteiger partial charge is 0.374 e. The second-order valence-corrected chi connectivity index (χ2v) is 16.3. The predicted octanol–water partition coefficient (Wildman–Crippen LogP) is 3.00. The van der Waals surface area contributed by atoms with Crippen LogP contribution in [-0.2, 0) is 40.8 Å². The van der Waals surface area contributed by atoms with E-state index in [4.69, 9.17) is 10.5 Å². The van der Waals surface area contributed by atoms with Crippen molar-refractivity contribution in [1.82, 2.24) is 14.9 Å². The predicted molar refractivity (Wildman–Crippen MR) is 173 cm³/mol. The standard InChI is InChI=1S/C32H42F2N4O7S2/c1-5-38(29(39)27(36-30(40)31(2,3)35)20-45-19-23-25(33)10-9-11-26(23)34)18-24-28(21-12-14-22(15-13-21)46(4,41)42)47(43,44)37-32(24)16-7-6-8-17-32/h9-15,27,37H,5-8,16-20,35H2,1-4H3,(H,36,40)/t27-/m1/s1. The number of amides is 2. The van der Waals surface area contributed by atoms with Crippen LogP contribution in [0.2, 0.25) is 0 Å². The number of benzene rings is 2. The Hall–Kier alpha value is -3.24. The number of ether oxygens (including phenoxy) is 1. The highest BCUT2D eigenvalue weighted by Crippen LogP contribution is 2.46. The van der Waals surface area contributed by atoms with E-state index >= 15 is 0 Å². The van der Waals surface area contributed by atoms with Crippen LogP contribution < -0.4 is 15.8 Å². The Kier molecular flexibility index (Phi) is 11.0. The fourth-order valence-electron chi connectivity index (χ4n) is 5.94. The molecule has 0 bridgehead atoms. The zero-order valence-corrected chi connectivity index (χ0v) is 28.6. The van der Waals surface area contributed by atoms with Crippen LogP contribution >= 0.6 is 0 Å². The monoisotopic (exact) mass is 696 g/mol. The second-order valence-electron chi connectivity index (χ2n) is 12.7. The molecule has 15 heteroatoms. The molecule has 11 nitrogen and oxygen atoms in total. The van der Waals surface area contributed by atoms with Crippen LogP contribution in [0.3, 0.4) is 0 Å². The summed E-state index contributed by atoms with van der Waals surface area (Å²) in [4.78, 5) is 28.4. The van der Waals surface area contributed by atoms with E-state index < -0.39 is 73.6 Å². The highest BCUT2D eigenvalue weighted by atomic mass is 32.2. The molecule has 1 atom stereocenters. The molecule has 1 spiro atoms. The van der Waals surface area contributed by atoms with Gasteiger partial charge in [-0.05, 0) is 69.0 Å². The smallest absolute Gasteiger partial charge is 0.247 e. The third-order valence-electron chi connectivity index (χ3n) is 8.53. The van der Waals surface area contributed by atoms with Gasteiger partial charge in [0.2, 0.25) is 21.8 Å². The highest BCUT2D eigenvalue weighted by molar-refractivity contribution is 7.99. The molecular formula is C32H42F2N4O7S2. The average Bonchev–Trinajstić information content (AvgIpc) is 3.20. The number of sulfonamides is 1. The SMILES string of the molecule is CCN(CC1=C(c2ccc(S(C)(=O)=O)cc2)S(=O)(=O)NC12CCCCC2)C(=O)[C@@H](COCc1c(F)cccc1F)NC(=O)C(C)(C)N. The lowest BCUT2D eigenvalue weighted by Gasteiger charge is -2.38. The molecule has 0 saturated heterocycles. The number of halogens is 2. The zero-order chi connectivity index (χ0) is 34.8. The van der Waals surface area contributed by atoms with Crippen LogP contribution in [0.15, 0.2) is 52.9 Å². The minimum atomic E-state index is -4.08. The van der Waals surface area contributed by atoms with Crippen LogP contribution in [0.4, 0.5) is 8.78 Å². The number of hydrogen-bond acceptors (Lipinski definition) is 8. The Bertz CT molecular complexity index is 1730. The van der Waals surface area contributed by atoms with E-state index in [-0.39, 0.29) is 34.0 Å². The lowest BCUT2D eigenvalue weighted by Crippen LogP contribution is -2.58. The van der Waals surface area contributed by atoms with Gasteiger partial charge in [-0.2, -0.15) is 0 Å². The van der Waals surface area contributed by atoms with E-state index in [1.54, 1.807) is 6.92 Å². The number of rotatable bonds is 12. The van der Waals surface area contributed by atoms with Gasteiger partial charge in [0.15, 0.2) is 9.84 Å². The van der Waals surface area contributed by atoms with Crippen LogP contribution in [-0.4, -0.2) is 76.6 Å². The first-order valence-electron chi connectivity index (χ1n) is 15.4. The van der Waals surface area contributed by atoms with Crippen LogP contribution in [0.1, 0.15) is 64.0 Å². The summed E-state index contributed by atoms with van der Waals surface area (Å²) in [6, 6.07) is 7.60. The molecule has 1 aliphatic heterocycles. The van der Waals surface area contributed by atoms with E-state index in [2.05, 4.69) is 10.0 Å². The normalized spacial score (nSPS) is 18.3. The van der Waals surface area contributed by atoms with Crippen molar-refractivity contribution in [1.29, 1.82) is 0 Å². The van der Waals surface area contributed by atoms with Gasteiger partial charge < -0.3 is 20.7 Å². The average molecular weight is 697 g/mol. The van der Waals surface area contributed by atoms with Crippen molar-refractivity contribution in [3.63, 3.8) is 0 Å². The topological polar surface area (TPSA) is 165 Å². The van der Waals surface area contributed by atoms with E-state index in [0.717, 1.165) is 37.7 Å². The quantitative estimate of drug-likeness (QED) is 0.305. The van der Waals surface area contributed by atoms with E-state index in [9.17, 15) is 35.2 Å². The lowest BCUT2D eigenvalue weighted by molar-refractivity contribution is -0.139. The number of likely N-dealkylation sites (N-methyl/N-ethyl adjacent to an activating group) is 1. The maximum absolute atomic E-state index is 14.2. The first kappa shape index (κ1) is 36.6. The summed E-state index contributed by atoms with van der Waals surface area (Å²) in [6.07, 6.45) is 4.46. The summed E-state index contributed by atoms with van der Waals surface area (Å²) in [5.41, 5.74) is 4.02. The molecule has 2 amide bonds. The summed E-state index contributed by atoms with van der Waals surface area (Å²) < 4.78 is 88.5. The number of nitrogens with two attached hydrogens (primary N) is 1. The molecule has 2 aromatic rings. The van der Waals surface area contributed by atoms with Gasteiger partial charge in [0.1, 0.15) is 17.7 Å². The number of carbonyl (C=O) groups excluding carboxylic acids is 2. The molecule has 2 aliphatic rings. The van der Waals surface area contributed by atoms with E-state index in [1.807, 2.05) is 0 Å². The fourth-order valence-corrected chi connectivity index (χ4v) is 8.54. The second kappa shape index (κ2) is 14.1. The molecule has 258 valence electrons. The van der Waals surface area contributed by atoms with Crippen LogP contribution in [0, 0.1) is 11.6 Å². The number of sulfone groups is 1. The van der Waals surface area contributed by atoms with Gasteiger partial charge in [0.25, 0.3) is 0 Å². The Balaban J connectivity index is 1.72. The third kappa shape index (κ3) is 8.26. The van der Waals surface area contributed by atoms with Gasteiger partial charge in [-0.1, -0.05) is 37.5 Å². The Morgan fingerprint density at radius 1 is 1.09 bits per heavy atom. The van der Waals surface area contributed by atoms with Crippen molar-refractivity contribution < 1.29 is 39.9 Å². The van der Waals surface area contributed by atoms with Gasteiger partial charge in [-0.15, -0.1) is 0 Å². The summed E-state index contributed by atoms with van der Waals surface area (Å²) in [5.74, 6) is -2.94. The first-order chi connectivity index (χ1) is 21.9. The summed E-state index contributed by atoms with van der Waals surface area (Å²) >= 11 is 0. The molecule has 2 aromatic carbocycles. The molecule has 1 fully saturated rings. The van der Waals surface area contributed by atoms with Gasteiger partial charge >= 0.3 is 0 Å². The molecular weight excluding hydrogens is 655 g/mol. The Labute approximate surface area is 274 Å². The Morgan fingerprint density at radius 2 is 1.68 bits per heavy atom. The zero-order valence-electron chi connectivity index (χ0n) is 26.9. The minimum absolute atomic E-state index is 0.0272. The molecule has 1 heterocycles. The molecule has 4 rings (SSSR count). The molecule has 4 N–H and O–H groups in total. The van der Waals surface area contributed by atoms with Crippen molar-refractivity contribution in [2.45, 2.75) is 81.5 Å². The van der Waals surface area contributed by atoms with E-state index in [0.29, 0.717) is 18.4 Å². The molecule has 0 radical (unpaired) electrons. The van der Waals surface area contributed by atoms with Gasteiger partial charge in [-0.3, -0.25) is 9.59 Å². The lowest BCUT2D eigenvalue weighted by atomic mass is 9.76.